The van der Waals surface area contributed by atoms with E-state index >= 15 is 0 Å². The van der Waals surface area contributed by atoms with Crippen LogP contribution in [0.25, 0.3) is 0 Å². The standard InChI is InChI=1S/C27H40O3/c1-23(2)15-9-6-7-12-19-26(28)22-21-25(4)17-11-8-10-16-24(3)18-13-14-20-27(29)30-5/h6-11,13-18,20,23,25-26,28H,12,19,21-22H2,1-5H3/b7-6+,10-8+,15-9+,17-11+,18-13+,20-14+,24-16+. The highest BCUT2D eigenvalue weighted by atomic mass is 16.5. The summed E-state index contributed by atoms with van der Waals surface area (Å²) in [5.74, 6) is 0.643. The number of ether oxygens (including phenoxy) is 1. The van der Waals surface area contributed by atoms with Gasteiger partial charge in [-0.15, -0.1) is 0 Å². The van der Waals surface area contributed by atoms with Gasteiger partial charge in [-0.05, 0) is 44.4 Å². The number of esters is 1. The van der Waals surface area contributed by atoms with Gasteiger partial charge in [0, 0.05) is 6.08 Å². The molecule has 0 aromatic rings. The number of carbonyl (C=O) groups excluding carboxylic acids is 1. The van der Waals surface area contributed by atoms with Crippen LogP contribution in [0.4, 0.5) is 0 Å². The van der Waals surface area contributed by atoms with E-state index in [0.717, 1.165) is 31.3 Å². The van der Waals surface area contributed by atoms with Gasteiger partial charge in [-0.25, -0.2) is 4.79 Å². The zero-order chi connectivity index (χ0) is 22.6. The highest BCUT2D eigenvalue weighted by Crippen LogP contribution is 2.13. The van der Waals surface area contributed by atoms with Crippen molar-refractivity contribution in [3.8, 4) is 0 Å². The van der Waals surface area contributed by atoms with Crippen LogP contribution in [0.5, 0.6) is 0 Å². The quantitative estimate of drug-likeness (QED) is 0.197. The van der Waals surface area contributed by atoms with E-state index in [0.29, 0.717) is 11.8 Å². The Labute approximate surface area is 183 Å². The maximum atomic E-state index is 10.9. The van der Waals surface area contributed by atoms with E-state index in [1.54, 1.807) is 12.2 Å². The van der Waals surface area contributed by atoms with Crippen molar-refractivity contribution >= 4 is 5.97 Å². The van der Waals surface area contributed by atoms with Crippen LogP contribution >= 0.6 is 0 Å². The van der Waals surface area contributed by atoms with Crippen molar-refractivity contribution in [2.24, 2.45) is 11.8 Å². The van der Waals surface area contributed by atoms with E-state index in [4.69, 9.17) is 0 Å². The number of rotatable bonds is 14. The third kappa shape index (κ3) is 18.9. The molecule has 2 atom stereocenters. The average Bonchev–Trinajstić information content (AvgIpc) is 2.71. The number of allylic oxidation sites excluding steroid dienone is 13. The molecule has 3 nitrogen and oxygen atoms in total. The van der Waals surface area contributed by atoms with Crippen LogP contribution in [0.15, 0.2) is 84.6 Å². The minimum atomic E-state index is -0.362. The van der Waals surface area contributed by atoms with Gasteiger partial charge in [0.1, 0.15) is 0 Å². The predicted octanol–water partition coefficient (Wildman–Crippen LogP) is 6.66. The number of hydrogen-bond acceptors (Lipinski definition) is 3. The molecule has 0 aliphatic heterocycles. The Morgan fingerprint density at radius 1 is 0.867 bits per heavy atom. The molecule has 0 rings (SSSR count). The number of methoxy groups -OCH3 is 1. The summed E-state index contributed by atoms with van der Waals surface area (Å²) in [6.45, 7) is 8.48. The minimum Gasteiger partial charge on any atom is -0.466 e. The zero-order valence-electron chi connectivity index (χ0n) is 19.3. The monoisotopic (exact) mass is 412 g/mol. The lowest BCUT2D eigenvalue weighted by molar-refractivity contribution is -0.134. The summed E-state index contributed by atoms with van der Waals surface area (Å²) in [4.78, 5) is 10.9. The van der Waals surface area contributed by atoms with Crippen LogP contribution < -0.4 is 0 Å². The summed E-state index contributed by atoms with van der Waals surface area (Å²) >= 11 is 0. The fraction of sp³-hybridized carbons (Fsp3) is 0.444. The molecule has 30 heavy (non-hydrogen) atoms. The topological polar surface area (TPSA) is 46.5 Å². The Balaban J connectivity index is 4.09. The maximum Gasteiger partial charge on any atom is 0.330 e. The Morgan fingerprint density at radius 2 is 1.57 bits per heavy atom. The molecule has 0 spiro atoms. The number of aliphatic hydroxyl groups excluding tert-OH is 1. The SMILES string of the molecule is COC(=O)/C=C/C=C/C(C)=C/C=C/C=C/C(C)CCC(O)CC/C=C/C=C/C(C)C. The van der Waals surface area contributed by atoms with Gasteiger partial charge in [-0.1, -0.05) is 99.3 Å². The molecule has 2 unspecified atom stereocenters. The molecule has 1 N–H and O–H groups in total. The minimum absolute atomic E-state index is 0.235. The lowest BCUT2D eigenvalue weighted by Crippen LogP contribution is -2.07. The van der Waals surface area contributed by atoms with E-state index in [1.807, 2.05) is 37.3 Å². The van der Waals surface area contributed by atoms with E-state index in [1.165, 1.54) is 13.2 Å². The van der Waals surface area contributed by atoms with E-state index in [2.05, 4.69) is 55.9 Å². The van der Waals surface area contributed by atoms with Gasteiger partial charge in [0.15, 0.2) is 0 Å². The maximum absolute atomic E-state index is 10.9. The first-order chi connectivity index (χ1) is 14.3. The second-order valence-electron chi connectivity index (χ2n) is 7.76. The molecular formula is C27H40O3. The molecular weight excluding hydrogens is 372 g/mol. The van der Waals surface area contributed by atoms with Crippen LogP contribution in [0.3, 0.4) is 0 Å². The molecule has 0 heterocycles. The predicted molar refractivity (Wildman–Crippen MR) is 129 cm³/mol. The van der Waals surface area contributed by atoms with Crippen molar-refractivity contribution in [2.45, 2.75) is 59.5 Å². The average molecular weight is 413 g/mol. The van der Waals surface area contributed by atoms with Gasteiger partial charge in [0.05, 0.1) is 13.2 Å². The van der Waals surface area contributed by atoms with Gasteiger partial charge in [-0.2, -0.15) is 0 Å². The highest BCUT2D eigenvalue weighted by Gasteiger charge is 2.05. The lowest BCUT2D eigenvalue weighted by atomic mass is 10.00. The molecule has 0 aromatic heterocycles. The third-order valence-electron chi connectivity index (χ3n) is 4.29. The van der Waals surface area contributed by atoms with Crippen LogP contribution in [0.2, 0.25) is 0 Å². The summed E-state index contributed by atoms with van der Waals surface area (Å²) in [7, 11) is 1.36. The second kappa shape index (κ2) is 18.6. The Kier molecular flexibility index (Phi) is 17.1. The van der Waals surface area contributed by atoms with Gasteiger partial charge >= 0.3 is 5.97 Å². The molecule has 166 valence electrons. The van der Waals surface area contributed by atoms with Crippen LogP contribution in [0, 0.1) is 11.8 Å². The van der Waals surface area contributed by atoms with Crippen molar-refractivity contribution < 1.29 is 14.6 Å². The van der Waals surface area contributed by atoms with Gasteiger partial charge in [0.2, 0.25) is 0 Å². The van der Waals surface area contributed by atoms with Crippen molar-refractivity contribution in [2.75, 3.05) is 7.11 Å². The third-order valence-corrected chi connectivity index (χ3v) is 4.29. The molecule has 0 saturated carbocycles. The second-order valence-corrected chi connectivity index (χ2v) is 7.76. The number of carbonyl (C=O) groups is 1. The molecule has 0 fully saturated rings. The van der Waals surface area contributed by atoms with Crippen molar-refractivity contribution in [1.82, 2.24) is 0 Å². The first kappa shape index (κ1) is 27.6. The first-order valence-corrected chi connectivity index (χ1v) is 10.8. The highest BCUT2D eigenvalue weighted by molar-refractivity contribution is 5.82. The summed E-state index contributed by atoms with van der Waals surface area (Å²) in [6.07, 6.45) is 28.7. The van der Waals surface area contributed by atoms with Crippen molar-refractivity contribution in [3.05, 3.63) is 84.6 Å². The molecule has 0 aliphatic rings. The molecule has 3 heteroatoms. The largest absolute Gasteiger partial charge is 0.466 e. The molecule has 0 radical (unpaired) electrons. The summed E-state index contributed by atoms with van der Waals surface area (Å²) < 4.78 is 4.52. The summed E-state index contributed by atoms with van der Waals surface area (Å²) in [6, 6.07) is 0. The van der Waals surface area contributed by atoms with Gasteiger partial charge in [-0.3, -0.25) is 0 Å². The fourth-order valence-electron chi connectivity index (χ4n) is 2.44. The molecule has 0 saturated heterocycles. The number of hydrogen-bond donors (Lipinski definition) is 1. The smallest absolute Gasteiger partial charge is 0.330 e. The van der Waals surface area contributed by atoms with E-state index in [-0.39, 0.29) is 12.1 Å². The van der Waals surface area contributed by atoms with Crippen molar-refractivity contribution in [1.29, 1.82) is 0 Å². The first-order valence-electron chi connectivity index (χ1n) is 10.8. The lowest BCUT2D eigenvalue weighted by Gasteiger charge is -2.11. The summed E-state index contributed by atoms with van der Waals surface area (Å²) in [5, 5.41) is 10.1. The zero-order valence-corrected chi connectivity index (χ0v) is 19.3. The normalized spacial score (nSPS) is 15.8. The van der Waals surface area contributed by atoms with Crippen LogP contribution in [-0.4, -0.2) is 24.3 Å². The number of aliphatic hydroxyl groups is 1. The van der Waals surface area contributed by atoms with Gasteiger partial charge < -0.3 is 9.84 Å². The Hall–Kier alpha value is -2.39. The molecule has 0 bridgehead atoms. The summed E-state index contributed by atoms with van der Waals surface area (Å²) in [5.41, 5.74) is 1.08. The molecule has 0 aromatic carbocycles. The van der Waals surface area contributed by atoms with Crippen molar-refractivity contribution in [3.63, 3.8) is 0 Å². The fourth-order valence-corrected chi connectivity index (χ4v) is 2.44. The van der Waals surface area contributed by atoms with E-state index < -0.39 is 0 Å². The van der Waals surface area contributed by atoms with Crippen LogP contribution in [0.1, 0.15) is 53.4 Å². The van der Waals surface area contributed by atoms with Crippen LogP contribution in [-0.2, 0) is 9.53 Å². The van der Waals surface area contributed by atoms with Gasteiger partial charge in [0.25, 0.3) is 0 Å². The Bertz CT molecular complexity index is 658. The Morgan fingerprint density at radius 3 is 2.27 bits per heavy atom. The molecule has 0 amide bonds. The molecule has 0 aliphatic carbocycles. The van der Waals surface area contributed by atoms with E-state index in [9.17, 15) is 9.90 Å².